The molecule has 1 aromatic carbocycles. The van der Waals surface area contributed by atoms with E-state index in [4.69, 9.17) is 0 Å². The number of carbonyl (C=O) groups is 1. The summed E-state index contributed by atoms with van der Waals surface area (Å²) >= 11 is 0. The Kier molecular flexibility index (Phi) is 5.17. The van der Waals surface area contributed by atoms with Gasteiger partial charge in [0.1, 0.15) is 5.75 Å². The van der Waals surface area contributed by atoms with Crippen LogP contribution in [-0.2, 0) is 9.53 Å². The Morgan fingerprint density at radius 3 is 2.32 bits per heavy atom. The normalized spacial score (nSPS) is 12.9. The van der Waals surface area contributed by atoms with Gasteiger partial charge in [-0.05, 0) is 24.7 Å². The molecule has 0 radical (unpaired) electrons. The Morgan fingerprint density at radius 1 is 1.32 bits per heavy atom. The molecule has 0 spiro atoms. The van der Waals surface area contributed by atoms with Crippen LogP contribution in [0.3, 0.4) is 0 Å². The molecule has 1 atom stereocenters. The van der Waals surface area contributed by atoms with Gasteiger partial charge in [-0.2, -0.15) is 0 Å². The van der Waals surface area contributed by atoms with E-state index in [9.17, 15) is 18.0 Å². The van der Waals surface area contributed by atoms with Gasteiger partial charge in [-0.25, -0.2) is 0 Å². The topological polar surface area (TPSA) is 47.6 Å². The Balaban J connectivity index is 2.76. The summed E-state index contributed by atoms with van der Waals surface area (Å²) in [4.78, 5) is 11.2. The molecule has 4 nitrogen and oxygen atoms in total. The average molecular weight is 277 g/mol. The Morgan fingerprint density at radius 2 is 1.89 bits per heavy atom. The van der Waals surface area contributed by atoms with Crippen molar-refractivity contribution in [3.63, 3.8) is 0 Å². The predicted molar refractivity (Wildman–Crippen MR) is 61.6 cm³/mol. The number of halogens is 3. The number of alkyl halides is 3. The van der Waals surface area contributed by atoms with Crippen LogP contribution in [0.15, 0.2) is 24.3 Å². The van der Waals surface area contributed by atoms with Gasteiger partial charge in [0.25, 0.3) is 0 Å². The molecule has 1 rings (SSSR count). The van der Waals surface area contributed by atoms with E-state index in [0.717, 1.165) is 0 Å². The van der Waals surface area contributed by atoms with E-state index in [2.05, 4.69) is 14.8 Å². The predicted octanol–water partition coefficient (Wildman–Crippen LogP) is 2.41. The zero-order valence-corrected chi connectivity index (χ0v) is 10.5. The van der Waals surface area contributed by atoms with Gasteiger partial charge in [0, 0.05) is 6.04 Å². The summed E-state index contributed by atoms with van der Waals surface area (Å²) in [6, 6.07) is 5.00. The number of nitrogens with one attached hydrogen (secondary N) is 1. The molecule has 0 saturated carbocycles. The van der Waals surface area contributed by atoms with Gasteiger partial charge in [0.15, 0.2) is 0 Å². The summed E-state index contributed by atoms with van der Waals surface area (Å²) in [7, 11) is 2.92. The van der Waals surface area contributed by atoms with Crippen molar-refractivity contribution in [3.05, 3.63) is 29.8 Å². The maximum atomic E-state index is 12.0. The van der Waals surface area contributed by atoms with Crippen molar-refractivity contribution < 1.29 is 27.4 Å². The van der Waals surface area contributed by atoms with Crippen LogP contribution in [0, 0.1) is 0 Å². The highest BCUT2D eigenvalue weighted by Crippen LogP contribution is 2.25. The molecule has 106 valence electrons. The lowest BCUT2D eigenvalue weighted by molar-refractivity contribution is -0.274. The molecule has 0 aliphatic rings. The van der Waals surface area contributed by atoms with Crippen LogP contribution in [0.2, 0.25) is 0 Å². The Labute approximate surface area is 108 Å². The number of methoxy groups -OCH3 is 1. The van der Waals surface area contributed by atoms with E-state index >= 15 is 0 Å². The second-order valence-electron chi connectivity index (χ2n) is 3.74. The Hall–Kier alpha value is -1.76. The number of ether oxygens (including phenoxy) is 2. The maximum absolute atomic E-state index is 12.0. The molecule has 0 heterocycles. The first-order valence-electron chi connectivity index (χ1n) is 5.45. The fourth-order valence-corrected chi connectivity index (χ4v) is 1.54. The van der Waals surface area contributed by atoms with E-state index in [1.54, 1.807) is 7.05 Å². The van der Waals surface area contributed by atoms with E-state index in [1.165, 1.54) is 31.4 Å². The summed E-state index contributed by atoms with van der Waals surface area (Å²) in [5, 5.41) is 2.89. The van der Waals surface area contributed by atoms with Crippen molar-refractivity contribution >= 4 is 5.97 Å². The Bertz CT molecular complexity index is 417. The molecule has 0 saturated heterocycles. The largest absolute Gasteiger partial charge is 0.573 e. The molecule has 1 unspecified atom stereocenters. The first kappa shape index (κ1) is 15.3. The molecule has 0 aromatic heterocycles. The summed E-state index contributed by atoms with van der Waals surface area (Å²) in [5.74, 6) is -0.709. The number of rotatable bonds is 5. The highest BCUT2D eigenvalue weighted by Gasteiger charge is 2.31. The van der Waals surface area contributed by atoms with Crippen LogP contribution < -0.4 is 10.1 Å². The molecule has 0 aliphatic carbocycles. The fraction of sp³-hybridized carbons (Fsp3) is 0.417. The first-order chi connectivity index (χ1) is 8.85. The van der Waals surface area contributed by atoms with Crippen LogP contribution >= 0.6 is 0 Å². The van der Waals surface area contributed by atoms with Gasteiger partial charge >= 0.3 is 12.3 Å². The summed E-state index contributed by atoms with van der Waals surface area (Å²) in [6.45, 7) is 0. The molecule has 0 aliphatic heterocycles. The molecule has 1 aromatic rings. The zero-order valence-electron chi connectivity index (χ0n) is 10.5. The summed E-state index contributed by atoms with van der Waals surface area (Å²) in [6.07, 6.45) is -4.62. The van der Waals surface area contributed by atoms with Gasteiger partial charge in [0.2, 0.25) is 0 Å². The third-order valence-electron chi connectivity index (χ3n) is 2.46. The molecule has 1 N–H and O–H groups in total. The lowest BCUT2D eigenvalue weighted by Crippen LogP contribution is -2.21. The third-order valence-corrected chi connectivity index (χ3v) is 2.46. The second kappa shape index (κ2) is 6.42. The highest BCUT2D eigenvalue weighted by atomic mass is 19.4. The molecule has 0 fully saturated rings. The lowest BCUT2D eigenvalue weighted by atomic mass is 10.0. The number of hydrogen-bond donors (Lipinski definition) is 1. The van der Waals surface area contributed by atoms with Crippen molar-refractivity contribution in [2.75, 3.05) is 14.2 Å². The third kappa shape index (κ3) is 5.17. The van der Waals surface area contributed by atoms with Gasteiger partial charge in [-0.1, -0.05) is 12.1 Å². The smallest absolute Gasteiger partial charge is 0.469 e. The second-order valence-corrected chi connectivity index (χ2v) is 3.74. The average Bonchev–Trinajstić information content (AvgIpc) is 2.35. The molecular weight excluding hydrogens is 263 g/mol. The van der Waals surface area contributed by atoms with Crippen molar-refractivity contribution in [2.45, 2.75) is 18.8 Å². The van der Waals surface area contributed by atoms with Gasteiger partial charge in [-0.15, -0.1) is 13.2 Å². The quantitative estimate of drug-likeness (QED) is 0.840. The minimum atomic E-state index is -4.71. The van der Waals surface area contributed by atoms with E-state index in [1.807, 2.05) is 0 Å². The monoisotopic (exact) mass is 277 g/mol. The SMILES string of the molecule is CNC(CC(=O)OC)c1ccc(OC(F)(F)F)cc1. The van der Waals surface area contributed by atoms with Gasteiger partial charge in [-0.3, -0.25) is 4.79 Å². The van der Waals surface area contributed by atoms with Crippen molar-refractivity contribution in [1.29, 1.82) is 0 Å². The zero-order chi connectivity index (χ0) is 14.5. The number of carbonyl (C=O) groups excluding carboxylic acids is 1. The molecule has 0 amide bonds. The van der Waals surface area contributed by atoms with Crippen molar-refractivity contribution in [3.8, 4) is 5.75 Å². The number of hydrogen-bond acceptors (Lipinski definition) is 4. The van der Waals surface area contributed by atoms with Crippen molar-refractivity contribution in [2.24, 2.45) is 0 Å². The summed E-state index contributed by atoms with van der Waals surface area (Å²) < 4.78 is 44.3. The highest BCUT2D eigenvalue weighted by molar-refractivity contribution is 5.70. The fourth-order valence-electron chi connectivity index (χ4n) is 1.54. The van der Waals surface area contributed by atoms with Gasteiger partial charge < -0.3 is 14.8 Å². The van der Waals surface area contributed by atoms with Crippen LogP contribution in [0.5, 0.6) is 5.75 Å². The van der Waals surface area contributed by atoms with E-state index in [-0.39, 0.29) is 18.2 Å². The van der Waals surface area contributed by atoms with Crippen molar-refractivity contribution in [1.82, 2.24) is 5.32 Å². The molecule has 7 heteroatoms. The van der Waals surface area contributed by atoms with E-state index < -0.39 is 12.3 Å². The number of benzene rings is 1. The molecule has 19 heavy (non-hydrogen) atoms. The van der Waals surface area contributed by atoms with Crippen LogP contribution in [-0.4, -0.2) is 26.5 Å². The standard InChI is InChI=1S/C12H14F3NO3/c1-16-10(7-11(17)18-2)8-3-5-9(6-4-8)19-12(13,14)15/h3-6,10,16H,7H2,1-2H3. The lowest BCUT2D eigenvalue weighted by Gasteiger charge is -2.16. The minimum absolute atomic E-state index is 0.0898. The first-order valence-corrected chi connectivity index (χ1v) is 5.45. The van der Waals surface area contributed by atoms with Crippen LogP contribution in [0.25, 0.3) is 0 Å². The summed E-state index contributed by atoms with van der Waals surface area (Å²) in [5.41, 5.74) is 0.669. The minimum Gasteiger partial charge on any atom is -0.469 e. The molecular formula is C12H14F3NO3. The van der Waals surface area contributed by atoms with Crippen LogP contribution in [0.4, 0.5) is 13.2 Å². The van der Waals surface area contributed by atoms with Crippen LogP contribution in [0.1, 0.15) is 18.0 Å². The maximum Gasteiger partial charge on any atom is 0.573 e. The number of esters is 1. The molecule has 0 bridgehead atoms. The van der Waals surface area contributed by atoms with E-state index in [0.29, 0.717) is 5.56 Å². The van der Waals surface area contributed by atoms with Gasteiger partial charge in [0.05, 0.1) is 13.5 Å².